The van der Waals surface area contributed by atoms with E-state index in [-0.39, 0.29) is 18.3 Å². The Morgan fingerprint density at radius 2 is 1.64 bits per heavy atom. The molecule has 2 aromatic heterocycles. The van der Waals surface area contributed by atoms with Gasteiger partial charge in [-0.05, 0) is 39.8 Å². The van der Waals surface area contributed by atoms with E-state index in [0.29, 0.717) is 0 Å². The summed E-state index contributed by atoms with van der Waals surface area (Å²) < 4.78 is 13.6. The van der Waals surface area contributed by atoms with Crippen molar-refractivity contribution >= 4 is 44.2 Å². The van der Waals surface area contributed by atoms with Crippen molar-refractivity contribution in [1.82, 2.24) is 4.98 Å². The van der Waals surface area contributed by atoms with Crippen LogP contribution in [0.3, 0.4) is 0 Å². The third-order valence-corrected chi connectivity index (χ3v) is 5.99. The largest absolute Gasteiger partial charge is 0.496 e. The summed E-state index contributed by atoms with van der Waals surface area (Å²) in [6.45, 7) is 8.33. The maximum Gasteiger partial charge on any atom is 0.496 e. The van der Waals surface area contributed by atoms with Crippen molar-refractivity contribution in [3.8, 4) is 0 Å². The molecule has 4 rings (SSSR count). The fourth-order valence-corrected chi connectivity index (χ4v) is 3.98. The van der Waals surface area contributed by atoms with Crippen LogP contribution < -0.4 is 5.46 Å². The summed E-state index contributed by atoms with van der Waals surface area (Å²) in [6, 6.07) is 10.4. The highest BCUT2D eigenvalue weighted by Crippen LogP contribution is 2.38. The van der Waals surface area contributed by atoms with Gasteiger partial charge in [0.05, 0.1) is 11.2 Å². The van der Waals surface area contributed by atoms with Crippen LogP contribution in [-0.4, -0.2) is 23.3 Å². The van der Waals surface area contributed by atoms with Gasteiger partial charge < -0.3 is 9.31 Å². The maximum atomic E-state index is 6.22. The number of benzene rings is 1. The smallest absolute Gasteiger partial charge is 0.399 e. The van der Waals surface area contributed by atoms with Gasteiger partial charge in [-0.3, -0.25) is 0 Å². The summed E-state index contributed by atoms with van der Waals surface area (Å²) in [6.07, 6.45) is 1.84. The molecular formula is C17H18BNO2S. The van der Waals surface area contributed by atoms with Crippen LogP contribution in [0.5, 0.6) is 0 Å². The van der Waals surface area contributed by atoms with Gasteiger partial charge in [0, 0.05) is 27.1 Å². The Hall–Kier alpha value is -1.43. The summed E-state index contributed by atoms with van der Waals surface area (Å²) in [5.74, 6) is 0. The Morgan fingerprint density at radius 3 is 2.36 bits per heavy atom. The molecule has 0 unspecified atom stereocenters. The van der Waals surface area contributed by atoms with Crippen LogP contribution >= 0.6 is 11.3 Å². The minimum atomic E-state index is -0.332. The summed E-state index contributed by atoms with van der Waals surface area (Å²) in [7, 11) is -0.332. The molecule has 1 aromatic carbocycles. The summed E-state index contributed by atoms with van der Waals surface area (Å²) in [4.78, 5) is 5.54. The van der Waals surface area contributed by atoms with Gasteiger partial charge in [0.2, 0.25) is 0 Å². The van der Waals surface area contributed by atoms with Gasteiger partial charge in [0.15, 0.2) is 0 Å². The Labute approximate surface area is 134 Å². The number of rotatable bonds is 1. The van der Waals surface area contributed by atoms with Crippen molar-refractivity contribution in [3.05, 3.63) is 36.5 Å². The highest BCUT2D eigenvalue weighted by molar-refractivity contribution is 7.26. The van der Waals surface area contributed by atoms with Crippen molar-refractivity contribution in [2.45, 2.75) is 38.9 Å². The van der Waals surface area contributed by atoms with Crippen LogP contribution in [0.1, 0.15) is 27.7 Å². The molecule has 0 aliphatic carbocycles. The average Bonchev–Trinajstić information content (AvgIpc) is 2.93. The van der Waals surface area contributed by atoms with E-state index in [0.717, 1.165) is 10.3 Å². The van der Waals surface area contributed by atoms with Crippen LogP contribution in [0.25, 0.3) is 20.3 Å². The number of aromatic nitrogens is 1. The third-order valence-electron chi connectivity index (χ3n) is 4.81. The van der Waals surface area contributed by atoms with Gasteiger partial charge in [0.1, 0.15) is 4.83 Å². The average molecular weight is 311 g/mol. The van der Waals surface area contributed by atoms with E-state index in [1.54, 1.807) is 11.3 Å². The predicted octanol–water partition coefficient (Wildman–Crippen LogP) is 3.75. The molecule has 1 aliphatic heterocycles. The van der Waals surface area contributed by atoms with Gasteiger partial charge >= 0.3 is 7.12 Å². The van der Waals surface area contributed by atoms with Crippen LogP contribution in [-0.2, 0) is 9.31 Å². The molecule has 0 atom stereocenters. The van der Waals surface area contributed by atoms with E-state index in [4.69, 9.17) is 9.31 Å². The molecule has 0 amide bonds. The van der Waals surface area contributed by atoms with Crippen molar-refractivity contribution in [2.75, 3.05) is 0 Å². The molecule has 0 bridgehead atoms. The Bertz CT molecular complexity index is 855. The van der Waals surface area contributed by atoms with Gasteiger partial charge in [-0.15, -0.1) is 11.3 Å². The molecule has 3 aromatic rings. The Morgan fingerprint density at radius 1 is 0.955 bits per heavy atom. The SMILES string of the molecule is CC1(C)OB(c2cccc3c2sc2ncccc23)OC1(C)C. The van der Waals surface area contributed by atoms with Gasteiger partial charge in [0.25, 0.3) is 0 Å². The van der Waals surface area contributed by atoms with Gasteiger partial charge in [-0.25, -0.2) is 4.98 Å². The minimum absolute atomic E-state index is 0.325. The lowest BCUT2D eigenvalue weighted by atomic mass is 9.78. The highest BCUT2D eigenvalue weighted by Gasteiger charge is 2.52. The van der Waals surface area contributed by atoms with E-state index in [1.165, 1.54) is 15.5 Å². The van der Waals surface area contributed by atoms with Crippen LogP contribution in [0.15, 0.2) is 36.5 Å². The first-order valence-corrected chi connectivity index (χ1v) is 8.32. The zero-order valence-electron chi connectivity index (χ0n) is 13.2. The maximum absolute atomic E-state index is 6.22. The van der Waals surface area contributed by atoms with Crippen molar-refractivity contribution in [3.63, 3.8) is 0 Å². The van der Waals surface area contributed by atoms with Crippen LogP contribution in [0, 0.1) is 0 Å². The molecule has 112 valence electrons. The lowest BCUT2D eigenvalue weighted by Gasteiger charge is -2.32. The zero-order chi connectivity index (χ0) is 15.5. The van der Waals surface area contributed by atoms with E-state index >= 15 is 0 Å². The highest BCUT2D eigenvalue weighted by atomic mass is 32.1. The fraction of sp³-hybridized carbons (Fsp3) is 0.353. The molecule has 1 fully saturated rings. The second-order valence-corrected chi connectivity index (χ2v) is 7.77. The number of pyridine rings is 1. The fourth-order valence-electron chi connectivity index (χ4n) is 2.81. The molecule has 0 saturated carbocycles. The zero-order valence-corrected chi connectivity index (χ0v) is 14.0. The first kappa shape index (κ1) is 14.2. The first-order valence-electron chi connectivity index (χ1n) is 7.51. The molecule has 1 saturated heterocycles. The Balaban J connectivity index is 1.90. The van der Waals surface area contributed by atoms with Gasteiger partial charge in [-0.2, -0.15) is 0 Å². The first-order chi connectivity index (χ1) is 10.4. The molecule has 0 radical (unpaired) electrons. The molecular weight excluding hydrogens is 293 g/mol. The number of hydrogen-bond acceptors (Lipinski definition) is 4. The summed E-state index contributed by atoms with van der Waals surface area (Å²) in [5, 5.41) is 2.42. The van der Waals surface area contributed by atoms with E-state index in [1.807, 2.05) is 12.3 Å². The Kier molecular flexibility index (Phi) is 2.93. The number of thiophene rings is 1. The monoisotopic (exact) mass is 311 g/mol. The van der Waals surface area contributed by atoms with E-state index < -0.39 is 0 Å². The van der Waals surface area contributed by atoms with Crippen LogP contribution in [0.4, 0.5) is 0 Å². The number of nitrogens with zero attached hydrogens (tertiary/aromatic N) is 1. The second-order valence-electron chi connectivity index (χ2n) is 6.77. The van der Waals surface area contributed by atoms with Crippen molar-refractivity contribution in [2.24, 2.45) is 0 Å². The minimum Gasteiger partial charge on any atom is -0.399 e. The normalized spacial score (nSPS) is 20.1. The quantitative estimate of drug-likeness (QED) is 0.641. The lowest BCUT2D eigenvalue weighted by Crippen LogP contribution is -2.41. The molecule has 3 nitrogen and oxygen atoms in total. The van der Waals surface area contributed by atoms with Crippen molar-refractivity contribution < 1.29 is 9.31 Å². The van der Waals surface area contributed by atoms with E-state index in [2.05, 4.69) is 56.9 Å². The van der Waals surface area contributed by atoms with E-state index in [9.17, 15) is 0 Å². The number of hydrogen-bond donors (Lipinski definition) is 0. The lowest BCUT2D eigenvalue weighted by molar-refractivity contribution is 0.00578. The second kappa shape index (κ2) is 4.54. The van der Waals surface area contributed by atoms with Gasteiger partial charge in [-0.1, -0.05) is 18.2 Å². The summed E-state index contributed by atoms with van der Waals surface area (Å²) >= 11 is 1.70. The molecule has 0 spiro atoms. The topological polar surface area (TPSA) is 31.4 Å². The number of fused-ring (bicyclic) bond motifs is 3. The predicted molar refractivity (Wildman–Crippen MR) is 92.8 cm³/mol. The molecule has 22 heavy (non-hydrogen) atoms. The third kappa shape index (κ3) is 1.93. The standard InChI is InChI=1S/C17H18BNO2S/c1-16(2)17(3,4)21-18(20-16)13-9-5-7-11-12-8-6-10-19-15(12)22-14(11)13/h5-10H,1-4H3. The molecule has 5 heteroatoms. The molecule has 0 N–H and O–H groups in total. The molecule has 3 heterocycles. The van der Waals surface area contributed by atoms with Crippen LogP contribution in [0.2, 0.25) is 0 Å². The molecule has 1 aliphatic rings. The summed E-state index contributed by atoms with van der Waals surface area (Å²) in [5.41, 5.74) is 0.447. The van der Waals surface area contributed by atoms with Crippen molar-refractivity contribution in [1.29, 1.82) is 0 Å².